The Balaban J connectivity index is 1.53. The standard InChI is InChI=1S/C17H18FN3O2/c18-14-5-3-13(4-6-14)12-16(22)20-8-10-21(11-9-20)17(23)15-2-1-7-19-15/h1-7,19H,8-12H2. The van der Waals surface area contributed by atoms with Crippen LogP contribution in [0.4, 0.5) is 4.39 Å². The number of piperazine rings is 1. The summed E-state index contributed by atoms with van der Waals surface area (Å²) < 4.78 is 12.9. The molecular weight excluding hydrogens is 297 g/mol. The summed E-state index contributed by atoms with van der Waals surface area (Å²) in [4.78, 5) is 30.9. The van der Waals surface area contributed by atoms with E-state index in [0.29, 0.717) is 31.9 Å². The lowest BCUT2D eigenvalue weighted by molar-refractivity contribution is -0.131. The van der Waals surface area contributed by atoms with E-state index in [0.717, 1.165) is 5.56 Å². The molecule has 2 heterocycles. The maximum Gasteiger partial charge on any atom is 0.270 e. The van der Waals surface area contributed by atoms with Crippen molar-refractivity contribution in [2.45, 2.75) is 6.42 Å². The summed E-state index contributed by atoms with van der Waals surface area (Å²) in [6, 6.07) is 9.49. The lowest BCUT2D eigenvalue weighted by Gasteiger charge is -2.34. The molecule has 1 aromatic heterocycles. The van der Waals surface area contributed by atoms with Gasteiger partial charge in [0.25, 0.3) is 5.91 Å². The third-order valence-electron chi connectivity index (χ3n) is 4.02. The minimum absolute atomic E-state index is 0.00332. The Morgan fingerprint density at radius 3 is 2.26 bits per heavy atom. The summed E-state index contributed by atoms with van der Waals surface area (Å²) >= 11 is 0. The molecule has 2 amide bonds. The molecule has 1 aromatic carbocycles. The molecule has 3 rings (SSSR count). The summed E-state index contributed by atoms with van der Waals surface area (Å²) in [5.74, 6) is -0.346. The van der Waals surface area contributed by atoms with E-state index < -0.39 is 0 Å². The highest BCUT2D eigenvalue weighted by atomic mass is 19.1. The minimum Gasteiger partial charge on any atom is -0.357 e. The molecule has 0 atom stereocenters. The smallest absolute Gasteiger partial charge is 0.270 e. The van der Waals surface area contributed by atoms with E-state index in [1.807, 2.05) is 0 Å². The second-order valence-corrected chi connectivity index (χ2v) is 5.56. The van der Waals surface area contributed by atoms with Gasteiger partial charge in [0.2, 0.25) is 5.91 Å². The van der Waals surface area contributed by atoms with E-state index in [4.69, 9.17) is 0 Å². The number of rotatable bonds is 3. The topological polar surface area (TPSA) is 56.4 Å². The van der Waals surface area contributed by atoms with Crippen molar-refractivity contribution >= 4 is 11.8 Å². The van der Waals surface area contributed by atoms with Crippen molar-refractivity contribution in [3.63, 3.8) is 0 Å². The van der Waals surface area contributed by atoms with Crippen LogP contribution in [0, 0.1) is 5.82 Å². The average molecular weight is 315 g/mol. The van der Waals surface area contributed by atoms with Gasteiger partial charge in [-0.3, -0.25) is 9.59 Å². The molecule has 6 heteroatoms. The van der Waals surface area contributed by atoms with Crippen LogP contribution in [0.5, 0.6) is 0 Å². The summed E-state index contributed by atoms with van der Waals surface area (Å²) in [6.45, 7) is 2.08. The van der Waals surface area contributed by atoms with E-state index in [1.165, 1.54) is 12.1 Å². The highest BCUT2D eigenvalue weighted by Gasteiger charge is 2.25. The first-order chi connectivity index (χ1) is 11.1. The molecule has 0 saturated carbocycles. The van der Waals surface area contributed by atoms with Crippen LogP contribution in [0.2, 0.25) is 0 Å². The number of halogens is 1. The Morgan fingerprint density at radius 1 is 1.00 bits per heavy atom. The van der Waals surface area contributed by atoms with Crippen LogP contribution in [-0.2, 0) is 11.2 Å². The zero-order chi connectivity index (χ0) is 16.2. The predicted octanol–water partition coefficient (Wildman–Crippen LogP) is 1.68. The first kappa shape index (κ1) is 15.3. The van der Waals surface area contributed by atoms with Crippen molar-refractivity contribution in [2.75, 3.05) is 26.2 Å². The van der Waals surface area contributed by atoms with E-state index in [2.05, 4.69) is 4.98 Å². The number of amides is 2. The monoisotopic (exact) mass is 315 g/mol. The molecule has 1 aliphatic rings. The van der Waals surface area contributed by atoms with Gasteiger partial charge in [-0.2, -0.15) is 0 Å². The third-order valence-corrected chi connectivity index (χ3v) is 4.02. The number of hydrogen-bond acceptors (Lipinski definition) is 2. The van der Waals surface area contributed by atoms with Crippen molar-refractivity contribution < 1.29 is 14.0 Å². The Labute approximate surface area is 133 Å². The predicted molar refractivity (Wildman–Crippen MR) is 83.4 cm³/mol. The molecule has 0 spiro atoms. The van der Waals surface area contributed by atoms with Gasteiger partial charge in [-0.25, -0.2) is 4.39 Å². The Morgan fingerprint density at radius 2 is 1.65 bits per heavy atom. The minimum atomic E-state index is -0.308. The third kappa shape index (κ3) is 3.59. The zero-order valence-corrected chi connectivity index (χ0v) is 12.7. The highest BCUT2D eigenvalue weighted by Crippen LogP contribution is 2.10. The lowest BCUT2D eigenvalue weighted by atomic mass is 10.1. The fourth-order valence-electron chi connectivity index (χ4n) is 2.68. The van der Waals surface area contributed by atoms with Crippen LogP contribution in [-0.4, -0.2) is 52.8 Å². The lowest BCUT2D eigenvalue weighted by Crippen LogP contribution is -2.51. The van der Waals surface area contributed by atoms with Gasteiger partial charge in [0.05, 0.1) is 6.42 Å². The van der Waals surface area contributed by atoms with Crippen molar-refractivity contribution in [1.82, 2.24) is 14.8 Å². The van der Waals surface area contributed by atoms with Crippen molar-refractivity contribution in [1.29, 1.82) is 0 Å². The largest absolute Gasteiger partial charge is 0.357 e. The van der Waals surface area contributed by atoms with E-state index >= 15 is 0 Å². The molecule has 1 fully saturated rings. The first-order valence-electron chi connectivity index (χ1n) is 7.58. The summed E-state index contributed by atoms with van der Waals surface area (Å²) in [7, 11) is 0. The normalized spacial score (nSPS) is 14.8. The molecule has 2 aromatic rings. The van der Waals surface area contributed by atoms with Crippen molar-refractivity contribution in [3.8, 4) is 0 Å². The second-order valence-electron chi connectivity index (χ2n) is 5.56. The van der Waals surface area contributed by atoms with Gasteiger partial charge in [0.1, 0.15) is 11.5 Å². The fraction of sp³-hybridized carbons (Fsp3) is 0.294. The number of benzene rings is 1. The number of nitrogens with one attached hydrogen (secondary N) is 1. The number of aromatic amines is 1. The number of H-pyrrole nitrogens is 1. The molecule has 0 unspecified atom stereocenters. The molecular formula is C17H18FN3O2. The summed E-state index contributed by atoms with van der Waals surface area (Å²) in [6.07, 6.45) is 1.97. The number of hydrogen-bond donors (Lipinski definition) is 1. The molecule has 0 radical (unpaired) electrons. The Bertz CT molecular complexity index is 674. The first-order valence-corrected chi connectivity index (χ1v) is 7.58. The molecule has 23 heavy (non-hydrogen) atoms. The van der Waals surface area contributed by atoms with E-state index in [9.17, 15) is 14.0 Å². The van der Waals surface area contributed by atoms with Crippen LogP contribution in [0.1, 0.15) is 16.1 Å². The van der Waals surface area contributed by atoms with Crippen molar-refractivity contribution in [2.24, 2.45) is 0 Å². The molecule has 1 saturated heterocycles. The van der Waals surface area contributed by atoms with Gasteiger partial charge < -0.3 is 14.8 Å². The van der Waals surface area contributed by atoms with Crippen LogP contribution >= 0.6 is 0 Å². The Hall–Kier alpha value is -2.63. The van der Waals surface area contributed by atoms with E-state index in [1.54, 1.807) is 40.3 Å². The van der Waals surface area contributed by atoms with E-state index in [-0.39, 0.29) is 24.1 Å². The molecule has 120 valence electrons. The summed E-state index contributed by atoms with van der Waals surface area (Å²) in [5, 5.41) is 0. The van der Waals surface area contributed by atoms with Crippen molar-refractivity contribution in [3.05, 3.63) is 59.7 Å². The molecule has 0 bridgehead atoms. The van der Waals surface area contributed by atoms with Crippen LogP contribution < -0.4 is 0 Å². The average Bonchev–Trinajstić information content (AvgIpc) is 3.11. The second kappa shape index (κ2) is 6.64. The van der Waals surface area contributed by atoms with Crippen LogP contribution in [0.25, 0.3) is 0 Å². The number of carbonyl (C=O) groups is 2. The van der Waals surface area contributed by atoms with Gasteiger partial charge in [0.15, 0.2) is 0 Å². The molecule has 5 nitrogen and oxygen atoms in total. The maximum absolute atomic E-state index is 12.9. The van der Waals surface area contributed by atoms with Gasteiger partial charge in [-0.1, -0.05) is 12.1 Å². The molecule has 1 aliphatic heterocycles. The summed E-state index contributed by atoms with van der Waals surface area (Å²) in [5.41, 5.74) is 1.36. The van der Waals surface area contributed by atoms with Crippen LogP contribution in [0.3, 0.4) is 0 Å². The Kier molecular flexibility index (Phi) is 4.41. The van der Waals surface area contributed by atoms with Gasteiger partial charge >= 0.3 is 0 Å². The quantitative estimate of drug-likeness (QED) is 0.937. The fourth-order valence-corrected chi connectivity index (χ4v) is 2.68. The number of aromatic nitrogens is 1. The maximum atomic E-state index is 12.9. The highest BCUT2D eigenvalue weighted by molar-refractivity contribution is 5.92. The molecule has 0 aliphatic carbocycles. The van der Waals surface area contributed by atoms with Gasteiger partial charge in [-0.15, -0.1) is 0 Å². The molecule has 1 N–H and O–H groups in total. The number of nitrogens with zero attached hydrogens (tertiary/aromatic N) is 2. The zero-order valence-electron chi connectivity index (χ0n) is 12.7. The number of carbonyl (C=O) groups excluding carboxylic acids is 2. The van der Waals surface area contributed by atoms with Gasteiger partial charge in [0, 0.05) is 32.4 Å². The SMILES string of the molecule is O=C(Cc1ccc(F)cc1)N1CCN(C(=O)c2ccc[nH]2)CC1. The van der Waals surface area contributed by atoms with Crippen LogP contribution in [0.15, 0.2) is 42.6 Å². The van der Waals surface area contributed by atoms with Gasteiger partial charge in [-0.05, 0) is 29.8 Å².